The molecule has 0 saturated heterocycles. The van der Waals surface area contributed by atoms with Crippen LogP contribution in [0.15, 0.2) is 58.4 Å². The Morgan fingerprint density at radius 1 is 1.17 bits per heavy atom. The number of nitrogens with one attached hydrogen (secondary N) is 1. The topological polar surface area (TPSA) is 54.4 Å². The fourth-order valence-corrected chi connectivity index (χ4v) is 1.55. The molecule has 1 N–H and O–H groups in total. The van der Waals surface area contributed by atoms with Crippen molar-refractivity contribution in [1.29, 1.82) is 0 Å². The number of carbonyl (C=O) groups excluding carboxylic acids is 1. The highest BCUT2D eigenvalue weighted by atomic mass is 79.9. The van der Waals surface area contributed by atoms with Gasteiger partial charge in [-0.3, -0.25) is 9.78 Å². The number of hydrazone groups is 1. The molecular weight excluding hydrogens is 294 g/mol. The molecule has 18 heavy (non-hydrogen) atoms. The van der Waals surface area contributed by atoms with Gasteiger partial charge >= 0.3 is 0 Å². The van der Waals surface area contributed by atoms with Crippen LogP contribution in [0.3, 0.4) is 0 Å². The Morgan fingerprint density at radius 2 is 1.83 bits per heavy atom. The summed E-state index contributed by atoms with van der Waals surface area (Å²) in [6.45, 7) is 0. The van der Waals surface area contributed by atoms with Gasteiger partial charge in [0.2, 0.25) is 0 Å². The van der Waals surface area contributed by atoms with Gasteiger partial charge in [-0.05, 0) is 42.0 Å². The Bertz CT molecular complexity index is 552. The van der Waals surface area contributed by atoms with Crippen LogP contribution in [0.5, 0.6) is 0 Å². The first kappa shape index (κ1) is 12.4. The van der Waals surface area contributed by atoms with Crippen LogP contribution < -0.4 is 5.43 Å². The molecule has 0 aliphatic carbocycles. The summed E-state index contributed by atoms with van der Waals surface area (Å²) in [6, 6.07) is 10.7. The molecule has 2 aromatic rings. The highest BCUT2D eigenvalue weighted by Crippen LogP contribution is 2.10. The van der Waals surface area contributed by atoms with Gasteiger partial charge in [-0.1, -0.05) is 15.9 Å². The van der Waals surface area contributed by atoms with Crippen molar-refractivity contribution in [2.75, 3.05) is 0 Å². The largest absolute Gasteiger partial charge is 0.271 e. The Morgan fingerprint density at radius 3 is 2.50 bits per heavy atom. The number of hydrogen-bond acceptors (Lipinski definition) is 3. The van der Waals surface area contributed by atoms with E-state index in [0.29, 0.717) is 5.56 Å². The number of halogens is 1. The van der Waals surface area contributed by atoms with Gasteiger partial charge in [0.15, 0.2) is 0 Å². The molecule has 90 valence electrons. The van der Waals surface area contributed by atoms with Gasteiger partial charge in [-0.2, -0.15) is 5.10 Å². The average Bonchev–Trinajstić information content (AvgIpc) is 2.40. The lowest BCUT2D eigenvalue weighted by atomic mass is 10.2. The van der Waals surface area contributed by atoms with Gasteiger partial charge in [-0.25, -0.2) is 5.43 Å². The predicted molar refractivity (Wildman–Crippen MR) is 73.4 cm³/mol. The van der Waals surface area contributed by atoms with Gasteiger partial charge in [0.25, 0.3) is 5.91 Å². The fraction of sp³-hybridized carbons (Fsp3) is 0. The molecule has 0 saturated carbocycles. The first-order chi connectivity index (χ1) is 8.75. The van der Waals surface area contributed by atoms with E-state index in [1.54, 1.807) is 42.9 Å². The SMILES string of the molecule is O=C(NN=Cc1ccncc1)c1ccc(Br)cc1. The van der Waals surface area contributed by atoms with E-state index in [2.05, 4.69) is 31.4 Å². The second-order valence-electron chi connectivity index (χ2n) is 3.49. The number of nitrogens with zero attached hydrogens (tertiary/aromatic N) is 2. The Kier molecular flexibility index (Phi) is 4.20. The van der Waals surface area contributed by atoms with E-state index in [-0.39, 0.29) is 5.91 Å². The number of pyridine rings is 1. The van der Waals surface area contributed by atoms with Crippen molar-refractivity contribution in [1.82, 2.24) is 10.4 Å². The highest BCUT2D eigenvalue weighted by Gasteiger charge is 2.02. The zero-order chi connectivity index (χ0) is 12.8. The molecule has 0 unspecified atom stereocenters. The molecule has 0 fully saturated rings. The molecule has 0 atom stereocenters. The van der Waals surface area contributed by atoms with Crippen molar-refractivity contribution >= 4 is 28.1 Å². The fourth-order valence-electron chi connectivity index (χ4n) is 1.28. The molecular formula is C13H10BrN3O. The number of hydrogen-bond donors (Lipinski definition) is 1. The predicted octanol–water partition coefficient (Wildman–Crippen LogP) is 2.61. The summed E-state index contributed by atoms with van der Waals surface area (Å²) in [7, 11) is 0. The van der Waals surface area contributed by atoms with Crippen LogP contribution in [0.2, 0.25) is 0 Å². The zero-order valence-corrected chi connectivity index (χ0v) is 11.0. The summed E-state index contributed by atoms with van der Waals surface area (Å²) in [5, 5.41) is 3.88. The van der Waals surface area contributed by atoms with Crippen LogP contribution in [-0.4, -0.2) is 17.1 Å². The quantitative estimate of drug-likeness (QED) is 0.700. The van der Waals surface area contributed by atoms with Crippen LogP contribution in [0, 0.1) is 0 Å². The molecule has 0 bridgehead atoms. The standard InChI is InChI=1S/C13H10BrN3O/c14-12-3-1-11(2-4-12)13(18)17-16-9-10-5-7-15-8-6-10/h1-9H,(H,17,18). The summed E-state index contributed by atoms with van der Waals surface area (Å²) in [4.78, 5) is 15.6. The minimum Gasteiger partial charge on any atom is -0.267 e. The summed E-state index contributed by atoms with van der Waals surface area (Å²) in [6.07, 6.45) is 4.90. The molecule has 0 aliphatic rings. The van der Waals surface area contributed by atoms with E-state index in [0.717, 1.165) is 10.0 Å². The summed E-state index contributed by atoms with van der Waals surface area (Å²) in [5.74, 6) is -0.243. The molecule has 1 aromatic carbocycles. The van der Waals surface area contributed by atoms with Gasteiger partial charge in [-0.15, -0.1) is 0 Å². The van der Waals surface area contributed by atoms with E-state index >= 15 is 0 Å². The number of rotatable bonds is 3. The first-order valence-electron chi connectivity index (χ1n) is 5.25. The van der Waals surface area contributed by atoms with Gasteiger partial charge in [0.1, 0.15) is 0 Å². The van der Waals surface area contributed by atoms with Crippen molar-refractivity contribution in [2.24, 2.45) is 5.10 Å². The summed E-state index contributed by atoms with van der Waals surface area (Å²) in [5.41, 5.74) is 3.90. The lowest BCUT2D eigenvalue weighted by Gasteiger charge is -1.99. The molecule has 4 nitrogen and oxygen atoms in total. The Hall–Kier alpha value is -2.01. The van der Waals surface area contributed by atoms with Gasteiger partial charge in [0.05, 0.1) is 6.21 Å². The van der Waals surface area contributed by atoms with Crippen molar-refractivity contribution in [3.05, 3.63) is 64.4 Å². The monoisotopic (exact) mass is 303 g/mol. The van der Waals surface area contributed by atoms with E-state index < -0.39 is 0 Å². The van der Waals surface area contributed by atoms with Crippen LogP contribution in [-0.2, 0) is 0 Å². The van der Waals surface area contributed by atoms with E-state index in [9.17, 15) is 4.79 Å². The second-order valence-corrected chi connectivity index (χ2v) is 4.40. The molecule has 5 heteroatoms. The molecule has 1 amide bonds. The lowest BCUT2D eigenvalue weighted by Crippen LogP contribution is -2.17. The molecule has 0 aliphatic heterocycles. The molecule has 0 spiro atoms. The summed E-state index contributed by atoms with van der Waals surface area (Å²) < 4.78 is 0.930. The number of carbonyl (C=O) groups is 1. The van der Waals surface area contributed by atoms with Crippen LogP contribution >= 0.6 is 15.9 Å². The smallest absolute Gasteiger partial charge is 0.267 e. The van der Waals surface area contributed by atoms with Crippen molar-refractivity contribution in [2.45, 2.75) is 0 Å². The third-order valence-corrected chi connectivity index (χ3v) is 2.72. The average molecular weight is 304 g/mol. The Balaban J connectivity index is 1.96. The number of aromatic nitrogens is 1. The van der Waals surface area contributed by atoms with E-state index in [1.807, 2.05) is 12.1 Å². The molecule has 2 rings (SSSR count). The Labute approximate surface area is 113 Å². The minimum atomic E-state index is -0.243. The molecule has 1 heterocycles. The van der Waals surface area contributed by atoms with Gasteiger partial charge < -0.3 is 0 Å². The number of benzene rings is 1. The maximum absolute atomic E-state index is 11.7. The van der Waals surface area contributed by atoms with E-state index in [4.69, 9.17) is 0 Å². The van der Waals surface area contributed by atoms with Crippen LogP contribution in [0.4, 0.5) is 0 Å². The maximum atomic E-state index is 11.7. The minimum absolute atomic E-state index is 0.243. The third-order valence-electron chi connectivity index (χ3n) is 2.19. The van der Waals surface area contributed by atoms with Crippen LogP contribution in [0.1, 0.15) is 15.9 Å². The first-order valence-corrected chi connectivity index (χ1v) is 6.04. The molecule has 1 aromatic heterocycles. The maximum Gasteiger partial charge on any atom is 0.271 e. The normalized spacial score (nSPS) is 10.5. The van der Waals surface area contributed by atoms with Crippen molar-refractivity contribution < 1.29 is 4.79 Å². The lowest BCUT2D eigenvalue weighted by molar-refractivity contribution is 0.0955. The molecule has 0 radical (unpaired) electrons. The van der Waals surface area contributed by atoms with Crippen molar-refractivity contribution in [3.63, 3.8) is 0 Å². The summed E-state index contributed by atoms with van der Waals surface area (Å²) >= 11 is 3.31. The van der Waals surface area contributed by atoms with Crippen molar-refractivity contribution in [3.8, 4) is 0 Å². The second kappa shape index (κ2) is 6.07. The zero-order valence-electron chi connectivity index (χ0n) is 9.38. The third kappa shape index (κ3) is 3.49. The number of amides is 1. The van der Waals surface area contributed by atoms with Gasteiger partial charge in [0, 0.05) is 22.4 Å². The highest BCUT2D eigenvalue weighted by molar-refractivity contribution is 9.10. The van der Waals surface area contributed by atoms with E-state index in [1.165, 1.54) is 0 Å². The van der Waals surface area contributed by atoms with Crippen LogP contribution in [0.25, 0.3) is 0 Å².